The number of nitrogens with two attached hydrogens (primary N) is 1. The molecule has 3 aromatic rings. The van der Waals surface area contributed by atoms with Crippen LogP contribution in [-0.4, -0.2) is 63.1 Å². The fourth-order valence-corrected chi connectivity index (χ4v) is 3.92. The fourth-order valence-electron chi connectivity index (χ4n) is 3.92. The van der Waals surface area contributed by atoms with Gasteiger partial charge < -0.3 is 24.7 Å². The van der Waals surface area contributed by atoms with E-state index in [1.807, 2.05) is 0 Å². The molecule has 1 aliphatic heterocycles. The van der Waals surface area contributed by atoms with Gasteiger partial charge >= 0.3 is 17.6 Å². The normalized spacial score (nSPS) is 21.7. The Morgan fingerprint density at radius 1 is 1.20 bits per heavy atom. The molecule has 0 spiro atoms. The number of methoxy groups -OCH3 is 1. The lowest BCUT2D eigenvalue weighted by molar-refractivity contribution is -0.154. The Labute approximate surface area is 198 Å². The Morgan fingerprint density at radius 2 is 1.91 bits per heavy atom. The first kappa shape index (κ1) is 24.1. The highest BCUT2D eigenvalue weighted by atomic mass is 19.1. The van der Waals surface area contributed by atoms with Gasteiger partial charge in [0.25, 0.3) is 0 Å². The minimum absolute atomic E-state index is 0.0681. The summed E-state index contributed by atoms with van der Waals surface area (Å²) < 4.78 is 38.7. The molecule has 2 N–H and O–H groups in total. The molecule has 3 heterocycles. The molecule has 12 nitrogen and oxygen atoms in total. The maximum absolute atomic E-state index is 15.3. The third kappa shape index (κ3) is 4.80. The van der Waals surface area contributed by atoms with Crippen LogP contribution >= 0.6 is 0 Å². The first-order chi connectivity index (χ1) is 16.7. The molecule has 0 amide bonds. The number of hydrogen-bond donors (Lipinski definition) is 1. The van der Waals surface area contributed by atoms with Crippen LogP contribution < -0.4 is 16.2 Å². The smallest absolute Gasteiger partial charge is 0.332 e. The Kier molecular flexibility index (Phi) is 6.69. The SMILES string of the molecule is COc1ccc(Cn2c(=O)n([C@@H]3O[C@H](COC(C)=O)[C@@H](F)[C@H]3OC(C)=O)c3nc(N)ncc32)cc1. The molecule has 2 aromatic heterocycles. The lowest BCUT2D eigenvalue weighted by Gasteiger charge is -2.19. The van der Waals surface area contributed by atoms with Gasteiger partial charge in [0.05, 0.1) is 19.9 Å². The van der Waals surface area contributed by atoms with Crippen LogP contribution in [0.3, 0.4) is 0 Å². The Morgan fingerprint density at radius 3 is 2.54 bits per heavy atom. The zero-order valence-electron chi connectivity index (χ0n) is 19.2. The Bertz CT molecular complexity index is 1310. The summed E-state index contributed by atoms with van der Waals surface area (Å²) in [5.74, 6) is -0.884. The molecule has 1 saturated heterocycles. The van der Waals surface area contributed by atoms with Crippen LogP contribution in [0.4, 0.5) is 10.3 Å². The van der Waals surface area contributed by atoms with Crippen molar-refractivity contribution in [1.29, 1.82) is 0 Å². The summed E-state index contributed by atoms with van der Waals surface area (Å²) in [5, 5.41) is 0. The van der Waals surface area contributed by atoms with Gasteiger partial charge in [0.15, 0.2) is 24.2 Å². The molecule has 1 aliphatic rings. The van der Waals surface area contributed by atoms with Gasteiger partial charge in [-0.05, 0) is 17.7 Å². The standard InChI is InChI=1S/C22H24FN5O7/c1-11(29)33-10-16-17(23)18(34-12(2)30)20(35-16)28-19-15(8-25-21(24)26-19)27(22(28)31)9-13-4-6-14(32-3)7-5-13/h4-8,16-18,20H,9-10H2,1-3H3,(H2,24,25,26)/t16-,17-,18-,20-/m1/s1. The van der Waals surface area contributed by atoms with E-state index in [1.54, 1.807) is 31.4 Å². The van der Waals surface area contributed by atoms with E-state index in [0.717, 1.165) is 17.1 Å². The molecule has 1 fully saturated rings. The van der Waals surface area contributed by atoms with Gasteiger partial charge in [-0.15, -0.1) is 0 Å². The number of fused-ring (bicyclic) bond motifs is 1. The van der Waals surface area contributed by atoms with E-state index in [1.165, 1.54) is 17.7 Å². The summed E-state index contributed by atoms with van der Waals surface area (Å²) in [7, 11) is 1.54. The lowest BCUT2D eigenvalue weighted by atomic mass is 10.1. The number of carbonyl (C=O) groups is 2. The molecule has 4 rings (SSSR count). The molecule has 4 atom stereocenters. The lowest BCUT2D eigenvalue weighted by Crippen LogP contribution is -2.37. The van der Waals surface area contributed by atoms with Crippen LogP contribution in [0.15, 0.2) is 35.3 Å². The van der Waals surface area contributed by atoms with Crippen LogP contribution in [0.2, 0.25) is 0 Å². The van der Waals surface area contributed by atoms with Crippen LogP contribution in [0.5, 0.6) is 5.75 Å². The number of alkyl halides is 1. The molecule has 186 valence electrons. The van der Waals surface area contributed by atoms with Crippen molar-refractivity contribution in [2.75, 3.05) is 19.5 Å². The minimum atomic E-state index is -1.88. The Hall–Kier alpha value is -4.00. The van der Waals surface area contributed by atoms with Crippen molar-refractivity contribution in [2.45, 2.75) is 45.0 Å². The molecule has 0 bridgehead atoms. The van der Waals surface area contributed by atoms with Gasteiger partial charge in [-0.2, -0.15) is 4.98 Å². The number of ether oxygens (including phenoxy) is 4. The molecule has 0 saturated carbocycles. The van der Waals surface area contributed by atoms with Crippen molar-refractivity contribution in [1.82, 2.24) is 19.1 Å². The van der Waals surface area contributed by atoms with E-state index in [0.29, 0.717) is 11.3 Å². The predicted molar refractivity (Wildman–Crippen MR) is 119 cm³/mol. The summed E-state index contributed by atoms with van der Waals surface area (Å²) in [6.45, 7) is 1.97. The number of esters is 2. The number of hydrogen-bond acceptors (Lipinski definition) is 10. The number of aromatic nitrogens is 4. The maximum atomic E-state index is 15.3. The van der Waals surface area contributed by atoms with Crippen LogP contribution in [0, 0.1) is 0 Å². The molecular weight excluding hydrogens is 465 g/mol. The predicted octanol–water partition coefficient (Wildman–Crippen LogP) is 0.962. The van der Waals surface area contributed by atoms with Crippen LogP contribution in [0.25, 0.3) is 11.2 Å². The van der Waals surface area contributed by atoms with Crippen molar-refractivity contribution < 1.29 is 32.9 Å². The quantitative estimate of drug-likeness (QED) is 0.476. The summed E-state index contributed by atoms with van der Waals surface area (Å²) in [5.41, 5.74) is 6.30. The van der Waals surface area contributed by atoms with Gasteiger partial charge in [-0.3, -0.25) is 14.2 Å². The average Bonchev–Trinajstić information content (AvgIpc) is 3.25. The first-order valence-electron chi connectivity index (χ1n) is 10.7. The number of rotatable bonds is 7. The van der Waals surface area contributed by atoms with Crippen LogP contribution in [0.1, 0.15) is 25.6 Å². The van der Waals surface area contributed by atoms with Gasteiger partial charge in [0.1, 0.15) is 24.0 Å². The van der Waals surface area contributed by atoms with Gasteiger partial charge in [0.2, 0.25) is 5.95 Å². The fraction of sp³-hybridized carbons (Fsp3) is 0.409. The largest absolute Gasteiger partial charge is 0.497 e. The number of nitrogen functional groups attached to an aromatic ring is 1. The van der Waals surface area contributed by atoms with Crippen molar-refractivity contribution in [3.05, 3.63) is 46.5 Å². The molecular formula is C22H24FN5O7. The summed E-state index contributed by atoms with van der Waals surface area (Å²) in [6.07, 6.45) is -4.68. The second-order valence-electron chi connectivity index (χ2n) is 7.91. The second kappa shape index (κ2) is 9.70. The van der Waals surface area contributed by atoms with E-state index in [4.69, 9.17) is 24.7 Å². The molecule has 13 heteroatoms. The van der Waals surface area contributed by atoms with Crippen molar-refractivity contribution >= 4 is 29.1 Å². The van der Waals surface area contributed by atoms with Crippen LogP contribution in [-0.2, 0) is 30.3 Å². The van der Waals surface area contributed by atoms with E-state index in [9.17, 15) is 14.4 Å². The molecule has 0 unspecified atom stereocenters. The molecule has 0 aliphatic carbocycles. The third-order valence-electron chi connectivity index (χ3n) is 5.50. The molecule has 0 radical (unpaired) electrons. The van der Waals surface area contributed by atoms with Gasteiger partial charge in [-0.25, -0.2) is 18.7 Å². The number of carbonyl (C=O) groups excluding carboxylic acids is 2. The average molecular weight is 489 g/mol. The third-order valence-corrected chi connectivity index (χ3v) is 5.50. The van der Waals surface area contributed by atoms with E-state index >= 15 is 4.39 Å². The van der Waals surface area contributed by atoms with E-state index < -0.39 is 48.8 Å². The maximum Gasteiger partial charge on any atom is 0.332 e. The van der Waals surface area contributed by atoms with Crippen molar-refractivity contribution in [3.63, 3.8) is 0 Å². The first-order valence-corrected chi connectivity index (χ1v) is 10.7. The summed E-state index contributed by atoms with van der Waals surface area (Å²) in [6, 6.07) is 7.07. The number of anilines is 1. The van der Waals surface area contributed by atoms with Crippen molar-refractivity contribution in [3.8, 4) is 5.75 Å². The molecule has 1 aromatic carbocycles. The highest BCUT2D eigenvalue weighted by Gasteiger charge is 2.50. The monoisotopic (exact) mass is 489 g/mol. The van der Waals surface area contributed by atoms with Gasteiger partial charge in [0, 0.05) is 13.8 Å². The number of halogens is 1. The summed E-state index contributed by atoms with van der Waals surface area (Å²) >= 11 is 0. The van der Waals surface area contributed by atoms with E-state index in [2.05, 4.69) is 9.97 Å². The summed E-state index contributed by atoms with van der Waals surface area (Å²) in [4.78, 5) is 44.7. The van der Waals surface area contributed by atoms with E-state index in [-0.39, 0.29) is 18.1 Å². The topological polar surface area (TPSA) is 150 Å². The van der Waals surface area contributed by atoms with Gasteiger partial charge in [-0.1, -0.05) is 12.1 Å². The van der Waals surface area contributed by atoms with Crippen molar-refractivity contribution in [2.24, 2.45) is 0 Å². The highest BCUT2D eigenvalue weighted by Crippen LogP contribution is 2.35. The Balaban J connectivity index is 1.79. The number of benzene rings is 1. The molecule has 35 heavy (non-hydrogen) atoms. The number of imidazole rings is 1. The minimum Gasteiger partial charge on any atom is -0.497 e. The zero-order chi connectivity index (χ0) is 25.3. The zero-order valence-corrected chi connectivity index (χ0v) is 19.2. The second-order valence-corrected chi connectivity index (χ2v) is 7.91. The highest BCUT2D eigenvalue weighted by molar-refractivity contribution is 5.72. The number of nitrogens with zero attached hydrogens (tertiary/aromatic N) is 4.